The van der Waals surface area contributed by atoms with Crippen molar-refractivity contribution in [2.45, 2.75) is 39.0 Å². The Labute approximate surface area is 114 Å². The molecule has 2 rings (SSSR count). The Bertz CT molecular complexity index is 560. The molecule has 1 aliphatic heterocycles. The van der Waals surface area contributed by atoms with E-state index in [1.165, 1.54) is 0 Å². The monoisotopic (exact) mass is 285 g/mol. The predicted molar refractivity (Wildman–Crippen MR) is 67.9 cm³/mol. The smallest absolute Gasteiger partial charge is 0.412 e. The van der Waals surface area contributed by atoms with E-state index in [0.717, 1.165) is 17.2 Å². The van der Waals surface area contributed by atoms with Gasteiger partial charge in [0.25, 0.3) is 0 Å². The molecule has 20 heavy (non-hydrogen) atoms. The number of rotatable bonds is 3. The summed E-state index contributed by atoms with van der Waals surface area (Å²) in [7, 11) is 0. The standard InChI is InChI=1S/C12H16FN3O4/c1-3-19-12(18)15-10-8(13)6-16(11(17)14-10)9-5-4-7(2)20-9/h6-7,9H,3-5H2,1-2H3,(H,14,15,17,18). The average Bonchev–Trinajstić information content (AvgIpc) is 2.80. The van der Waals surface area contributed by atoms with Crippen molar-refractivity contribution in [2.75, 3.05) is 11.9 Å². The van der Waals surface area contributed by atoms with Crippen molar-refractivity contribution >= 4 is 11.9 Å². The van der Waals surface area contributed by atoms with Crippen LogP contribution in [-0.2, 0) is 9.47 Å². The van der Waals surface area contributed by atoms with E-state index in [-0.39, 0.29) is 12.7 Å². The molecule has 0 aromatic carbocycles. The Balaban J connectivity index is 2.20. The number of ether oxygens (including phenoxy) is 2. The summed E-state index contributed by atoms with van der Waals surface area (Å²) in [5.41, 5.74) is -0.683. The second kappa shape index (κ2) is 6.00. The van der Waals surface area contributed by atoms with Gasteiger partial charge in [0, 0.05) is 0 Å². The van der Waals surface area contributed by atoms with Gasteiger partial charge < -0.3 is 9.47 Å². The lowest BCUT2D eigenvalue weighted by atomic mass is 10.2. The maximum atomic E-state index is 13.8. The molecule has 1 N–H and O–H groups in total. The highest BCUT2D eigenvalue weighted by atomic mass is 19.1. The van der Waals surface area contributed by atoms with Gasteiger partial charge in [-0.2, -0.15) is 4.98 Å². The zero-order valence-electron chi connectivity index (χ0n) is 11.3. The summed E-state index contributed by atoms with van der Waals surface area (Å²) in [6.45, 7) is 3.63. The summed E-state index contributed by atoms with van der Waals surface area (Å²) >= 11 is 0. The van der Waals surface area contributed by atoms with Gasteiger partial charge in [0.15, 0.2) is 11.6 Å². The number of amides is 1. The van der Waals surface area contributed by atoms with Crippen molar-refractivity contribution in [1.29, 1.82) is 0 Å². The molecule has 2 heterocycles. The van der Waals surface area contributed by atoms with Crippen LogP contribution in [0.3, 0.4) is 0 Å². The lowest BCUT2D eigenvalue weighted by Gasteiger charge is -2.14. The van der Waals surface area contributed by atoms with E-state index in [4.69, 9.17) is 4.74 Å². The second-order valence-electron chi connectivity index (χ2n) is 4.45. The maximum Gasteiger partial charge on any atom is 0.412 e. The van der Waals surface area contributed by atoms with Crippen molar-refractivity contribution in [3.8, 4) is 0 Å². The maximum absolute atomic E-state index is 13.8. The van der Waals surface area contributed by atoms with Gasteiger partial charge in [-0.05, 0) is 26.7 Å². The third kappa shape index (κ3) is 3.13. The second-order valence-corrected chi connectivity index (χ2v) is 4.45. The molecule has 0 saturated carbocycles. The minimum atomic E-state index is -0.859. The summed E-state index contributed by atoms with van der Waals surface area (Å²) < 4.78 is 25.0. The third-order valence-electron chi connectivity index (χ3n) is 2.92. The molecule has 1 aliphatic rings. The Morgan fingerprint density at radius 3 is 3.00 bits per heavy atom. The molecule has 110 valence electrons. The van der Waals surface area contributed by atoms with Crippen LogP contribution in [0.15, 0.2) is 11.0 Å². The topological polar surface area (TPSA) is 82.5 Å². The number of halogens is 1. The minimum Gasteiger partial charge on any atom is -0.450 e. The van der Waals surface area contributed by atoms with E-state index in [2.05, 4.69) is 15.0 Å². The molecule has 7 nitrogen and oxygen atoms in total. The molecular formula is C12H16FN3O4. The van der Waals surface area contributed by atoms with E-state index in [1.54, 1.807) is 6.92 Å². The lowest BCUT2D eigenvalue weighted by molar-refractivity contribution is 0.00746. The molecule has 0 aliphatic carbocycles. The van der Waals surface area contributed by atoms with Gasteiger partial charge in [0.05, 0.1) is 18.9 Å². The summed E-state index contributed by atoms with van der Waals surface area (Å²) in [6.07, 6.45) is 1.04. The molecule has 1 aromatic rings. The molecule has 1 saturated heterocycles. The fraction of sp³-hybridized carbons (Fsp3) is 0.583. The third-order valence-corrected chi connectivity index (χ3v) is 2.92. The van der Waals surface area contributed by atoms with Crippen LogP contribution in [0.4, 0.5) is 15.0 Å². The fourth-order valence-electron chi connectivity index (χ4n) is 1.99. The van der Waals surface area contributed by atoms with Crippen LogP contribution in [0.1, 0.15) is 32.9 Å². The van der Waals surface area contributed by atoms with E-state index in [9.17, 15) is 14.0 Å². The number of hydrogen-bond acceptors (Lipinski definition) is 5. The Morgan fingerprint density at radius 1 is 1.65 bits per heavy atom. The van der Waals surface area contributed by atoms with Crippen molar-refractivity contribution in [3.63, 3.8) is 0 Å². The first kappa shape index (κ1) is 14.4. The largest absolute Gasteiger partial charge is 0.450 e. The highest BCUT2D eigenvalue weighted by molar-refractivity contribution is 5.83. The highest BCUT2D eigenvalue weighted by Gasteiger charge is 2.25. The van der Waals surface area contributed by atoms with Crippen LogP contribution in [0.5, 0.6) is 0 Å². The zero-order valence-corrected chi connectivity index (χ0v) is 11.3. The van der Waals surface area contributed by atoms with Crippen molar-refractivity contribution < 1.29 is 18.7 Å². The Kier molecular flexibility index (Phi) is 4.33. The van der Waals surface area contributed by atoms with E-state index < -0.39 is 29.6 Å². The zero-order chi connectivity index (χ0) is 14.7. The lowest BCUT2D eigenvalue weighted by Crippen LogP contribution is -2.29. The summed E-state index contributed by atoms with van der Waals surface area (Å²) in [4.78, 5) is 26.5. The van der Waals surface area contributed by atoms with Crippen LogP contribution < -0.4 is 11.0 Å². The predicted octanol–water partition coefficient (Wildman–Crippen LogP) is 1.65. The molecule has 2 atom stereocenters. The number of nitrogens with zero attached hydrogens (tertiary/aromatic N) is 2. The van der Waals surface area contributed by atoms with Crippen LogP contribution in [0.25, 0.3) is 0 Å². The van der Waals surface area contributed by atoms with Crippen LogP contribution in [0.2, 0.25) is 0 Å². The summed E-state index contributed by atoms with van der Waals surface area (Å²) in [5.74, 6) is -1.27. The SMILES string of the molecule is CCOC(=O)Nc1nc(=O)n(C2CCC(C)O2)cc1F. The first-order chi connectivity index (χ1) is 9.51. The van der Waals surface area contributed by atoms with Crippen molar-refractivity contribution in [3.05, 3.63) is 22.5 Å². The van der Waals surface area contributed by atoms with Crippen molar-refractivity contribution in [2.24, 2.45) is 0 Å². The number of nitrogens with one attached hydrogen (secondary N) is 1. The highest BCUT2D eigenvalue weighted by Crippen LogP contribution is 2.26. The van der Waals surface area contributed by atoms with Gasteiger partial charge in [-0.25, -0.2) is 14.0 Å². The molecule has 1 aromatic heterocycles. The number of anilines is 1. The van der Waals surface area contributed by atoms with Gasteiger partial charge in [-0.15, -0.1) is 0 Å². The first-order valence-corrected chi connectivity index (χ1v) is 6.39. The quantitative estimate of drug-likeness (QED) is 0.913. The summed E-state index contributed by atoms with van der Waals surface area (Å²) in [5, 5.41) is 2.08. The molecule has 0 radical (unpaired) electrons. The average molecular weight is 285 g/mol. The van der Waals surface area contributed by atoms with Crippen molar-refractivity contribution in [1.82, 2.24) is 9.55 Å². The Morgan fingerprint density at radius 2 is 2.40 bits per heavy atom. The van der Waals surface area contributed by atoms with Gasteiger partial charge >= 0.3 is 11.8 Å². The Hall–Kier alpha value is -1.96. The van der Waals surface area contributed by atoms with Gasteiger partial charge in [-0.3, -0.25) is 9.88 Å². The van der Waals surface area contributed by atoms with Gasteiger partial charge in [0.1, 0.15) is 6.23 Å². The number of carbonyl (C=O) groups excluding carboxylic acids is 1. The normalized spacial score (nSPS) is 21.8. The number of carbonyl (C=O) groups is 1. The molecule has 0 bridgehead atoms. The van der Waals surface area contributed by atoms with Crippen LogP contribution in [0, 0.1) is 5.82 Å². The summed E-state index contributed by atoms with van der Waals surface area (Å²) in [6, 6.07) is 0. The number of aromatic nitrogens is 2. The molecule has 1 amide bonds. The molecule has 2 unspecified atom stereocenters. The van der Waals surface area contributed by atoms with Crippen LogP contribution >= 0.6 is 0 Å². The van der Waals surface area contributed by atoms with Crippen LogP contribution in [-0.4, -0.2) is 28.4 Å². The molecular weight excluding hydrogens is 269 g/mol. The number of hydrogen-bond donors (Lipinski definition) is 1. The van der Waals surface area contributed by atoms with Gasteiger partial charge in [-0.1, -0.05) is 0 Å². The van der Waals surface area contributed by atoms with E-state index >= 15 is 0 Å². The van der Waals surface area contributed by atoms with E-state index in [1.807, 2.05) is 6.92 Å². The molecule has 1 fully saturated rings. The fourth-order valence-corrected chi connectivity index (χ4v) is 1.99. The van der Waals surface area contributed by atoms with E-state index in [0.29, 0.717) is 6.42 Å². The molecule has 8 heteroatoms. The van der Waals surface area contributed by atoms with Gasteiger partial charge in [0.2, 0.25) is 0 Å². The molecule has 0 spiro atoms. The minimum absolute atomic E-state index is 0.0206. The first-order valence-electron chi connectivity index (χ1n) is 6.39.